The molecule has 3 aromatic heterocycles. The molecule has 0 unspecified atom stereocenters. The Hall–Kier alpha value is -4.89. The Morgan fingerprint density at radius 2 is 1.70 bits per heavy atom. The van der Waals surface area contributed by atoms with Crippen LogP contribution >= 0.6 is 0 Å². The van der Waals surface area contributed by atoms with Gasteiger partial charge in [-0.25, -0.2) is 4.79 Å². The van der Waals surface area contributed by atoms with Crippen molar-refractivity contribution >= 4 is 22.6 Å². The second-order valence-electron chi connectivity index (χ2n) is 11.2. The molecule has 9 heteroatoms. The number of carbonyl (C=O) groups excluding carboxylic acids is 1. The summed E-state index contributed by atoms with van der Waals surface area (Å²) >= 11 is 0. The number of aromatic carboxylic acids is 1. The van der Waals surface area contributed by atoms with E-state index in [0.29, 0.717) is 19.1 Å². The minimum atomic E-state index is -0.953. The molecular formula is C34H31N5O4. The van der Waals surface area contributed by atoms with Crippen LogP contribution in [0.5, 0.6) is 0 Å². The van der Waals surface area contributed by atoms with E-state index >= 15 is 0 Å². The molecule has 1 fully saturated rings. The Balaban J connectivity index is 1.24. The number of fused-ring (bicyclic) bond motifs is 2. The van der Waals surface area contributed by atoms with Crippen LogP contribution in [-0.2, 0) is 22.5 Å². The second kappa shape index (κ2) is 11.1. The van der Waals surface area contributed by atoms with Gasteiger partial charge in [0.25, 0.3) is 0 Å². The Labute approximate surface area is 248 Å². The summed E-state index contributed by atoms with van der Waals surface area (Å²) in [4.78, 5) is 34.9. The molecule has 1 saturated heterocycles. The van der Waals surface area contributed by atoms with Gasteiger partial charge in [0.15, 0.2) is 0 Å². The molecule has 7 rings (SSSR count). The highest BCUT2D eigenvalue weighted by molar-refractivity contribution is 5.97. The summed E-state index contributed by atoms with van der Waals surface area (Å²) in [6.45, 7) is 4.37. The molecule has 9 nitrogen and oxygen atoms in total. The number of hydrogen-bond donors (Lipinski definition) is 1. The summed E-state index contributed by atoms with van der Waals surface area (Å²) in [5.74, 6) is -0.873. The monoisotopic (exact) mass is 573 g/mol. The van der Waals surface area contributed by atoms with Crippen molar-refractivity contribution in [1.29, 1.82) is 0 Å². The van der Waals surface area contributed by atoms with Gasteiger partial charge in [-0.3, -0.25) is 19.4 Å². The summed E-state index contributed by atoms with van der Waals surface area (Å²) in [7, 11) is 0. The molecule has 0 bridgehead atoms. The smallest absolute Gasteiger partial charge is 0.335 e. The average Bonchev–Trinajstić information content (AvgIpc) is 3.43. The lowest BCUT2D eigenvalue weighted by Crippen LogP contribution is -2.35. The first-order chi connectivity index (χ1) is 21.0. The van der Waals surface area contributed by atoms with E-state index in [4.69, 9.17) is 19.9 Å². The predicted molar refractivity (Wildman–Crippen MR) is 162 cm³/mol. The highest BCUT2D eigenvalue weighted by Crippen LogP contribution is 2.37. The van der Waals surface area contributed by atoms with E-state index in [1.54, 1.807) is 37.4 Å². The lowest BCUT2D eigenvalue weighted by molar-refractivity contribution is -0.129. The number of hydrogen-bond acceptors (Lipinski definition) is 6. The number of amides is 1. The largest absolute Gasteiger partial charge is 0.478 e. The van der Waals surface area contributed by atoms with Crippen LogP contribution in [0, 0.1) is 0 Å². The van der Waals surface area contributed by atoms with Crippen molar-refractivity contribution in [3.8, 4) is 33.8 Å². The maximum absolute atomic E-state index is 12.3. The van der Waals surface area contributed by atoms with Gasteiger partial charge in [-0.2, -0.15) is 5.10 Å². The van der Waals surface area contributed by atoms with E-state index in [1.165, 1.54) is 5.69 Å². The Morgan fingerprint density at radius 1 is 0.930 bits per heavy atom. The number of pyridine rings is 2. The zero-order valence-corrected chi connectivity index (χ0v) is 23.9. The molecule has 0 spiro atoms. The van der Waals surface area contributed by atoms with Crippen molar-refractivity contribution in [1.82, 2.24) is 24.6 Å². The maximum atomic E-state index is 12.3. The van der Waals surface area contributed by atoms with Crippen molar-refractivity contribution in [2.24, 2.45) is 0 Å². The summed E-state index contributed by atoms with van der Waals surface area (Å²) in [6.07, 6.45) is 6.36. The van der Waals surface area contributed by atoms with E-state index in [0.717, 1.165) is 82.6 Å². The van der Waals surface area contributed by atoms with Crippen LogP contribution in [-0.4, -0.2) is 61.4 Å². The van der Waals surface area contributed by atoms with Crippen LogP contribution in [0.2, 0.25) is 0 Å². The van der Waals surface area contributed by atoms with Crippen LogP contribution in [0.25, 0.3) is 44.5 Å². The second-order valence-corrected chi connectivity index (χ2v) is 11.2. The maximum Gasteiger partial charge on any atom is 0.335 e. The first-order valence-electron chi connectivity index (χ1n) is 14.6. The van der Waals surface area contributed by atoms with Crippen molar-refractivity contribution in [3.05, 3.63) is 89.9 Å². The van der Waals surface area contributed by atoms with Gasteiger partial charge >= 0.3 is 5.97 Å². The molecule has 1 N–H and O–H groups in total. The number of rotatable bonds is 5. The molecule has 2 aliphatic heterocycles. The molecule has 1 amide bonds. The van der Waals surface area contributed by atoms with Crippen molar-refractivity contribution < 1.29 is 19.4 Å². The molecular weight excluding hydrogens is 542 g/mol. The van der Waals surface area contributed by atoms with E-state index in [2.05, 4.69) is 33.9 Å². The van der Waals surface area contributed by atoms with Gasteiger partial charge in [-0.1, -0.05) is 30.3 Å². The fourth-order valence-corrected chi connectivity index (χ4v) is 6.20. The van der Waals surface area contributed by atoms with Gasteiger partial charge in [-0.05, 0) is 48.6 Å². The third kappa shape index (κ3) is 5.06. The van der Waals surface area contributed by atoms with Gasteiger partial charge in [0, 0.05) is 85.4 Å². The van der Waals surface area contributed by atoms with Gasteiger partial charge < -0.3 is 14.7 Å². The Bertz CT molecular complexity index is 1840. The van der Waals surface area contributed by atoms with Crippen LogP contribution < -0.4 is 0 Å². The van der Waals surface area contributed by atoms with Gasteiger partial charge in [0.05, 0.1) is 28.7 Å². The third-order valence-electron chi connectivity index (χ3n) is 8.57. The van der Waals surface area contributed by atoms with Crippen LogP contribution in [0.15, 0.2) is 73.1 Å². The highest BCUT2D eigenvalue weighted by Gasteiger charge is 2.30. The summed E-state index contributed by atoms with van der Waals surface area (Å²) in [6, 6.07) is 19.2. The quantitative estimate of drug-likeness (QED) is 0.284. The normalized spacial score (nSPS) is 15.4. The fourth-order valence-electron chi connectivity index (χ4n) is 6.20. The van der Waals surface area contributed by atoms with E-state index in [9.17, 15) is 9.59 Å². The van der Waals surface area contributed by atoms with Crippen molar-refractivity contribution in [3.63, 3.8) is 0 Å². The van der Waals surface area contributed by atoms with E-state index in [-0.39, 0.29) is 11.5 Å². The summed E-state index contributed by atoms with van der Waals surface area (Å²) in [5.41, 5.74) is 7.83. The Kier molecular flexibility index (Phi) is 6.95. The fraction of sp³-hybridized carbons (Fsp3) is 0.265. The number of aromatic nitrogens is 4. The number of carboxylic acid groups (broad SMARTS) is 1. The standard InChI is InChI=1S/C34H31N5O4/c1-21(40)38-14-11-32-29(20-38)33(37-39(32)26-12-15-43-16-13-26)27-4-2-3-24-17-31(36-19-28(24)27)25-9-10-30(35-18-25)22-5-7-23(8-6-22)34(41)42/h2-10,17-19,26H,11-16,20H2,1H3,(H,41,42). The summed E-state index contributed by atoms with van der Waals surface area (Å²) in [5, 5.41) is 16.4. The van der Waals surface area contributed by atoms with Crippen molar-refractivity contribution in [2.75, 3.05) is 19.8 Å². The number of nitrogens with zero attached hydrogens (tertiary/aromatic N) is 5. The minimum Gasteiger partial charge on any atom is -0.478 e. The highest BCUT2D eigenvalue weighted by atomic mass is 16.5. The molecule has 216 valence electrons. The van der Waals surface area contributed by atoms with Gasteiger partial charge in [-0.15, -0.1) is 0 Å². The molecule has 5 heterocycles. The van der Waals surface area contributed by atoms with Gasteiger partial charge in [0.2, 0.25) is 5.91 Å². The third-order valence-corrected chi connectivity index (χ3v) is 8.57. The minimum absolute atomic E-state index is 0.0801. The molecule has 0 saturated carbocycles. The number of carbonyl (C=O) groups is 2. The number of benzene rings is 2. The lowest BCUT2D eigenvalue weighted by atomic mass is 9.96. The van der Waals surface area contributed by atoms with Crippen molar-refractivity contribution in [2.45, 2.75) is 38.8 Å². The topological polar surface area (TPSA) is 110 Å². The van der Waals surface area contributed by atoms with Crippen LogP contribution in [0.1, 0.15) is 47.4 Å². The number of ether oxygens (including phenoxy) is 1. The molecule has 0 atom stereocenters. The summed E-state index contributed by atoms with van der Waals surface area (Å²) < 4.78 is 7.84. The molecule has 43 heavy (non-hydrogen) atoms. The first-order valence-corrected chi connectivity index (χ1v) is 14.6. The molecule has 0 aliphatic carbocycles. The predicted octanol–water partition coefficient (Wildman–Crippen LogP) is 5.78. The zero-order valence-electron chi connectivity index (χ0n) is 23.9. The Morgan fingerprint density at radius 3 is 2.42 bits per heavy atom. The van der Waals surface area contributed by atoms with E-state index < -0.39 is 5.97 Å². The number of carboxylic acids is 1. The first kappa shape index (κ1) is 27.0. The van der Waals surface area contributed by atoms with Crippen LogP contribution in [0.4, 0.5) is 0 Å². The molecule has 5 aromatic rings. The van der Waals surface area contributed by atoms with Crippen LogP contribution in [0.3, 0.4) is 0 Å². The SMILES string of the molecule is CC(=O)N1CCc2c(c(-c3cccc4cc(-c5ccc(-c6ccc(C(=O)O)cc6)nc5)ncc34)nn2C2CCOCC2)C1. The average molecular weight is 574 g/mol. The van der Waals surface area contributed by atoms with Gasteiger partial charge in [0.1, 0.15) is 0 Å². The molecule has 0 radical (unpaired) electrons. The lowest BCUT2D eigenvalue weighted by Gasteiger charge is -2.29. The molecule has 2 aromatic carbocycles. The zero-order chi connectivity index (χ0) is 29.5. The molecule has 2 aliphatic rings. The van der Waals surface area contributed by atoms with E-state index in [1.807, 2.05) is 23.2 Å².